The van der Waals surface area contributed by atoms with Gasteiger partial charge in [-0.25, -0.2) is 0 Å². The highest BCUT2D eigenvalue weighted by atomic mass is 32.2. The molecule has 1 atom stereocenters. The van der Waals surface area contributed by atoms with E-state index in [9.17, 15) is 9.59 Å². The summed E-state index contributed by atoms with van der Waals surface area (Å²) in [4.78, 5) is 24.6. The molecule has 1 aliphatic carbocycles. The zero-order chi connectivity index (χ0) is 18.4. The lowest BCUT2D eigenvalue weighted by Gasteiger charge is -2.22. The van der Waals surface area contributed by atoms with Crippen LogP contribution >= 0.6 is 11.8 Å². The molecule has 0 aliphatic heterocycles. The Balaban J connectivity index is 1.94. The van der Waals surface area contributed by atoms with Crippen LogP contribution in [0.2, 0.25) is 0 Å². The Bertz CT molecular complexity index is 1080. The molecule has 1 aliphatic rings. The van der Waals surface area contributed by atoms with E-state index in [0.29, 0.717) is 16.8 Å². The molecule has 4 rings (SSSR count). The number of ketones is 1. The van der Waals surface area contributed by atoms with Gasteiger partial charge in [0, 0.05) is 32.5 Å². The number of thioether (sulfide) groups is 1. The van der Waals surface area contributed by atoms with Crippen LogP contribution in [-0.4, -0.2) is 28.7 Å². The lowest BCUT2D eigenvalue weighted by molar-refractivity contribution is -0.137. The number of nitrogens with two attached hydrogens (primary N) is 2. The number of fused-ring (bicyclic) bond motifs is 2. The summed E-state index contributed by atoms with van der Waals surface area (Å²) < 4.78 is 0. The Labute approximate surface area is 154 Å². The van der Waals surface area contributed by atoms with Crippen LogP contribution in [0.1, 0.15) is 15.9 Å². The zero-order valence-electron chi connectivity index (χ0n) is 13.7. The quantitative estimate of drug-likeness (QED) is 0.379. The van der Waals surface area contributed by atoms with E-state index in [1.54, 1.807) is 0 Å². The van der Waals surface area contributed by atoms with Crippen LogP contribution in [-0.2, 0) is 4.79 Å². The molecule has 0 fully saturated rings. The number of hydrogen-bond acceptors (Lipinski definition) is 5. The molecule has 26 heavy (non-hydrogen) atoms. The van der Waals surface area contributed by atoms with Crippen molar-refractivity contribution in [1.82, 2.24) is 0 Å². The number of carboxylic acids is 1. The average Bonchev–Trinajstić information content (AvgIpc) is 2.65. The number of benzene rings is 3. The fraction of sp³-hybridized carbons (Fsp3) is 0.100. The first-order valence-corrected chi connectivity index (χ1v) is 9.08. The van der Waals surface area contributed by atoms with E-state index in [0.717, 1.165) is 26.8 Å². The highest BCUT2D eigenvalue weighted by Gasteiger charge is 2.26. The monoisotopic (exact) mass is 364 g/mol. The third-order valence-corrected chi connectivity index (χ3v) is 5.78. The van der Waals surface area contributed by atoms with Gasteiger partial charge in [0.1, 0.15) is 6.04 Å². The molecule has 0 saturated heterocycles. The predicted molar refractivity (Wildman–Crippen MR) is 104 cm³/mol. The fourth-order valence-electron chi connectivity index (χ4n) is 3.31. The average molecular weight is 364 g/mol. The second kappa shape index (κ2) is 6.16. The van der Waals surface area contributed by atoms with Crippen LogP contribution in [0.3, 0.4) is 0 Å². The van der Waals surface area contributed by atoms with E-state index in [2.05, 4.69) is 0 Å². The molecule has 0 amide bonds. The number of carbonyl (C=O) groups excluding carboxylic acids is 1. The van der Waals surface area contributed by atoms with Gasteiger partial charge in [-0.05, 0) is 17.2 Å². The van der Waals surface area contributed by atoms with Gasteiger partial charge in [0.25, 0.3) is 0 Å². The van der Waals surface area contributed by atoms with Crippen LogP contribution in [0.4, 0.5) is 5.69 Å². The van der Waals surface area contributed by atoms with Crippen molar-refractivity contribution in [2.24, 2.45) is 5.73 Å². The molecule has 0 saturated carbocycles. The molecule has 3 aromatic carbocycles. The highest BCUT2D eigenvalue weighted by molar-refractivity contribution is 7.99. The molecule has 130 valence electrons. The van der Waals surface area contributed by atoms with Crippen molar-refractivity contribution in [1.29, 1.82) is 0 Å². The van der Waals surface area contributed by atoms with E-state index in [1.165, 1.54) is 11.8 Å². The van der Waals surface area contributed by atoms with E-state index in [1.807, 2.05) is 48.5 Å². The van der Waals surface area contributed by atoms with E-state index in [-0.39, 0.29) is 11.5 Å². The summed E-state index contributed by atoms with van der Waals surface area (Å²) in [6.07, 6.45) is 0. The number of carboxylic acid groups (broad SMARTS) is 1. The third kappa shape index (κ3) is 2.46. The van der Waals surface area contributed by atoms with Crippen LogP contribution < -0.4 is 11.5 Å². The molecule has 5 nitrogen and oxygen atoms in total. The first kappa shape index (κ1) is 16.6. The minimum Gasteiger partial charge on any atom is -0.480 e. The van der Waals surface area contributed by atoms with Gasteiger partial charge >= 0.3 is 5.97 Å². The van der Waals surface area contributed by atoms with Crippen molar-refractivity contribution >= 4 is 40.0 Å². The van der Waals surface area contributed by atoms with Gasteiger partial charge in [-0.15, -0.1) is 11.8 Å². The molecule has 0 unspecified atom stereocenters. The number of aliphatic carboxylic acids is 1. The van der Waals surface area contributed by atoms with Gasteiger partial charge in [0.15, 0.2) is 5.78 Å². The molecule has 5 N–H and O–H groups in total. The van der Waals surface area contributed by atoms with Gasteiger partial charge in [0.2, 0.25) is 0 Å². The SMILES string of the molecule is Nc1c(SC[C@H](N)C(=O)O)cc2c3c(cccc13)C(=O)c1ccccc1-2. The van der Waals surface area contributed by atoms with Crippen LogP contribution in [0, 0.1) is 0 Å². The van der Waals surface area contributed by atoms with Gasteiger partial charge in [-0.1, -0.05) is 42.5 Å². The second-order valence-electron chi connectivity index (χ2n) is 6.19. The van der Waals surface area contributed by atoms with Crippen LogP contribution in [0.25, 0.3) is 21.9 Å². The van der Waals surface area contributed by atoms with Gasteiger partial charge < -0.3 is 16.6 Å². The maximum Gasteiger partial charge on any atom is 0.321 e. The Hall–Kier alpha value is -2.83. The van der Waals surface area contributed by atoms with Crippen molar-refractivity contribution in [2.45, 2.75) is 10.9 Å². The minimum atomic E-state index is -1.04. The maximum atomic E-state index is 12.9. The largest absolute Gasteiger partial charge is 0.480 e. The minimum absolute atomic E-state index is 0.00796. The lowest BCUT2D eigenvalue weighted by atomic mass is 9.82. The van der Waals surface area contributed by atoms with Crippen LogP contribution in [0.5, 0.6) is 0 Å². The topological polar surface area (TPSA) is 106 Å². The Kier molecular flexibility index (Phi) is 3.94. The molecule has 0 spiro atoms. The molecule has 0 aromatic heterocycles. The van der Waals surface area contributed by atoms with Crippen LogP contribution in [0.15, 0.2) is 53.4 Å². The van der Waals surface area contributed by atoms with E-state index >= 15 is 0 Å². The third-order valence-electron chi connectivity index (χ3n) is 4.61. The molecule has 0 heterocycles. The van der Waals surface area contributed by atoms with Gasteiger partial charge in [0.05, 0.1) is 5.69 Å². The number of rotatable bonds is 4. The van der Waals surface area contributed by atoms with Crippen molar-refractivity contribution in [3.63, 3.8) is 0 Å². The fourth-order valence-corrected chi connectivity index (χ4v) is 4.28. The summed E-state index contributed by atoms with van der Waals surface area (Å²) in [6.45, 7) is 0. The van der Waals surface area contributed by atoms with Gasteiger partial charge in [-0.2, -0.15) is 0 Å². The molecule has 0 radical (unpaired) electrons. The maximum absolute atomic E-state index is 12.9. The van der Waals surface area contributed by atoms with E-state index in [4.69, 9.17) is 16.6 Å². The van der Waals surface area contributed by atoms with Gasteiger partial charge in [-0.3, -0.25) is 9.59 Å². The zero-order valence-corrected chi connectivity index (χ0v) is 14.5. The summed E-state index contributed by atoms with van der Waals surface area (Å²) in [5.41, 5.74) is 15.6. The second-order valence-corrected chi connectivity index (χ2v) is 7.26. The van der Waals surface area contributed by atoms with Crippen molar-refractivity contribution in [2.75, 3.05) is 11.5 Å². The van der Waals surface area contributed by atoms with Crippen molar-refractivity contribution < 1.29 is 14.7 Å². The standard InChI is InChI=1S/C20H16N2O3S/c21-15(20(24)25)9-26-16-8-14-10-4-1-2-5-11(10)19(23)13-7-3-6-12(17(13)14)18(16)22/h1-8,15H,9,21-22H2,(H,24,25)/t15-/m0/s1. The Morgan fingerprint density at radius 1 is 1.04 bits per heavy atom. The molecule has 6 heteroatoms. The molecule has 3 aromatic rings. The smallest absolute Gasteiger partial charge is 0.321 e. The number of anilines is 1. The Morgan fingerprint density at radius 2 is 1.73 bits per heavy atom. The summed E-state index contributed by atoms with van der Waals surface area (Å²) in [6, 6.07) is 14.0. The number of carbonyl (C=O) groups is 2. The molecule has 0 bridgehead atoms. The van der Waals surface area contributed by atoms with Crippen molar-refractivity contribution in [3.8, 4) is 11.1 Å². The number of nitrogen functional groups attached to an aromatic ring is 1. The Morgan fingerprint density at radius 3 is 2.46 bits per heavy atom. The summed E-state index contributed by atoms with van der Waals surface area (Å²) in [7, 11) is 0. The van der Waals surface area contributed by atoms with Crippen molar-refractivity contribution in [3.05, 3.63) is 59.7 Å². The normalized spacial score (nSPS) is 13.5. The van der Waals surface area contributed by atoms with E-state index < -0.39 is 12.0 Å². The molecular formula is C20H16N2O3S. The predicted octanol–water partition coefficient (Wildman–Crippen LogP) is 3.14. The lowest BCUT2D eigenvalue weighted by Crippen LogP contribution is -2.32. The molecular weight excluding hydrogens is 348 g/mol. The summed E-state index contributed by atoms with van der Waals surface area (Å²) >= 11 is 1.32. The summed E-state index contributed by atoms with van der Waals surface area (Å²) in [5, 5.41) is 10.6. The summed E-state index contributed by atoms with van der Waals surface area (Å²) in [5.74, 6) is -0.840. The number of hydrogen-bond donors (Lipinski definition) is 3. The first-order chi connectivity index (χ1) is 12.5. The highest BCUT2D eigenvalue weighted by Crippen LogP contribution is 2.44. The first-order valence-electron chi connectivity index (χ1n) is 8.09.